The average molecular weight is 429 g/mol. The highest BCUT2D eigenvalue weighted by atomic mass is 16.6. The molecule has 1 heterocycles. The van der Waals surface area contributed by atoms with Crippen molar-refractivity contribution in [1.29, 1.82) is 0 Å². The van der Waals surface area contributed by atoms with Gasteiger partial charge in [-0.3, -0.25) is 4.79 Å². The highest BCUT2D eigenvalue weighted by Crippen LogP contribution is 2.22. The Labute approximate surface area is 186 Å². The second-order valence-corrected chi connectivity index (χ2v) is 7.39. The Morgan fingerprint density at radius 3 is 1.75 bits per heavy atom. The van der Waals surface area contributed by atoms with Crippen LogP contribution in [0.5, 0.6) is 0 Å². The molecule has 1 atom stereocenters. The molecular weight excluding hydrogens is 406 g/mol. The lowest BCUT2D eigenvalue weighted by molar-refractivity contribution is -0.126. The van der Waals surface area contributed by atoms with Gasteiger partial charge in [0.2, 0.25) is 0 Å². The number of ether oxygens (including phenoxy) is 1. The van der Waals surface area contributed by atoms with Gasteiger partial charge < -0.3 is 15.4 Å². The Hall–Kier alpha value is -4.13. The van der Waals surface area contributed by atoms with Gasteiger partial charge in [0, 0.05) is 0 Å². The summed E-state index contributed by atoms with van der Waals surface area (Å²) in [4.78, 5) is 38.1. The van der Waals surface area contributed by atoms with Crippen LogP contribution in [0.15, 0.2) is 91.0 Å². The number of urea groups is 1. The molecule has 162 valence electrons. The number of amides is 4. The maximum absolute atomic E-state index is 13.1. The molecule has 1 saturated heterocycles. The number of hydrogen-bond donors (Lipinski definition) is 2. The summed E-state index contributed by atoms with van der Waals surface area (Å²) in [6.45, 7) is -0.299. The second-order valence-electron chi connectivity index (χ2n) is 7.39. The van der Waals surface area contributed by atoms with Crippen molar-refractivity contribution in [2.45, 2.75) is 12.1 Å². The smallest absolute Gasteiger partial charge is 0.417 e. The Kier molecular flexibility index (Phi) is 6.46. The molecule has 7 heteroatoms. The third kappa shape index (κ3) is 4.95. The molecule has 3 aromatic carbocycles. The number of hydrogen-bond acceptors (Lipinski definition) is 4. The van der Waals surface area contributed by atoms with Crippen molar-refractivity contribution in [3.63, 3.8) is 0 Å². The number of nitrogens with one attached hydrogen (secondary N) is 2. The van der Waals surface area contributed by atoms with E-state index < -0.39 is 24.1 Å². The van der Waals surface area contributed by atoms with Crippen LogP contribution in [-0.4, -0.2) is 36.1 Å². The van der Waals surface area contributed by atoms with Crippen LogP contribution in [0, 0.1) is 0 Å². The SMILES string of the molecule is O=C(NC(CN1C(=O)COC1=O)c1ccccc1)NC(c1ccccc1)c1ccccc1. The van der Waals surface area contributed by atoms with Crippen LogP contribution in [0.3, 0.4) is 0 Å². The third-order valence-corrected chi connectivity index (χ3v) is 5.25. The van der Waals surface area contributed by atoms with E-state index in [0.29, 0.717) is 0 Å². The Morgan fingerprint density at radius 2 is 1.28 bits per heavy atom. The minimum absolute atomic E-state index is 0.0174. The van der Waals surface area contributed by atoms with Crippen molar-refractivity contribution in [2.75, 3.05) is 13.2 Å². The summed E-state index contributed by atoms with van der Waals surface area (Å²) < 4.78 is 4.81. The van der Waals surface area contributed by atoms with E-state index >= 15 is 0 Å². The summed E-state index contributed by atoms with van der Waals surface area (Å²) in [6, 6.07) is 27.1. The summed E-state index contributed by atoms with van der Waals surface area (Å²) in [6.07, 6.45) is -0.704. The molecular formula is C25H23N3O4. The fourth-order valence-electron chi connectivity index (χ4n) is 3.64. The molecule has 2 N–H and O–H groups in total. The third-order valence-electron chi connectivity index (χ3n) is 5.25. The standard InChI is InChI=1S/C25H23N3O4/c29-22-17-32-25(31)28(22)16-21(18-10-4-1-5-11-18)26-24(30)27-23(19-12-6-2-7-13-19)20-14-8-3-9-15-20/h1-15,21,23H,16-17H2,(H2,26,27,30). The van der Waals surface area contributed by atoms with E-state index in [1.165, 1.54) is 0 Å². The van der Waals surface area contributed by atoms with E-state index in [4.69, 9.17) is 4.74 Å². The number of benzene rings is 3. The van der Waals surface area contributed by atoms with Crippen molar-refractivity contribution in [3.8, 4) is 0 Å². The van der Waals surface area contributed by atoms with E-state index in [2.05, 4.69) is 10.6 Å². The maximum atomic E-state index is 13.1. The highest BCUT2D eigenvalue weighted by Gasteiger charge is 2.34. The number of carbonyl (C=O) groups is 3. The first-order valence-electron chi connectivity index (χ1n) is 10.3. The number of rotatable bonds is 7. The van der Waals surface area contributed by atoms with Crippen LogP contribution in [0.25, 0.3) is 0 Å². The Bertz CT molecular complexity index is 1020. The van der Waals surface area contributed by atoms with Gasteiger partial charge in [0.05, 0.1) is 18.6 Å². The van der Waals surface area contributed by atoms with Crippen molar-refractivity contribution >= 4 is 18.0 Å². The van der Waals surface area contributed by atoms with Gasteiger partial charge in [-0.25, -0.2) is 14.5 Å². The fraction of sp³-hybridized carbons (Fsp3) is 0.160. The quantitative estimate of drug-likeness (QED) is 0.598. The minimum Gasteiger partial charge on any atom is -0.439 e. The molecule has 1 unspecified atom stereocenters. The summed E-state index contributed by atoms with van der Waals surface area (Å²) in [5, 5.41) is 5.95. The zero-order valence-corrected chi connectivity index (χ0v) is 17.3. The molecule has 0 saturated carbocycles. The Balaban J connectivity index is 1.55. The van der Waals surface area contributed by atoms with Gasteiger partial charge in [0.1, 0.15) is 0 Å². The van der Waals surface area contributed by atoms with Gasteiger partial charge in [-0.2, -0.15) is 0 Å². The largest absolute Gasteiger partial charge is 0.439 e. The molecule has 3 aromatic rings. The first kappa shape index (κ1) is 21.1. The molecule has 4 rings (SSSR count). The van der Waals surface area contributed by atoms with Gasteiger partial charge in [-0.05, 0) is 16.7 Å². The van der Waals surface area contributed by atoms with Gasteiger partial charge >= 0.3 is 12.1 Å². The number of nitrogens with zero attached hydrogens (tertiary/aromatic N) is 1. The van der Waals surface area contributed by atoms with E-state index in [1.807, 2.05) is 91.0 Å². The highest BCUT2D eigenvalue weighted by molar-refractivity contribution is 5.97. The first-order chi connectivity index (χ1) is 15.6. The van der Waals surface area contributed by atoms with Crippen molar-refractivity contribution < 1.29 is 19.1 Å². The number of carbonyl (C=O) groups excluding carboxylic acids is 3. The predicted molar refractivity (Wildman–Crippen MR) is 119 cm³/mol. The molecule has 1 aliphatic rings. The van der Waals surface area contributed by atoms with E-state index in [9.17, 15) is 14.4 Å². The van der Waals surface area contributed by atoms with Gasteiger partial charge in [-0.15, -0.1) is 0 Å². The summed E-state index contributed by atoms with van der Waals surface area (Å²) in [7, 11) is 0. The van der Waals surface area contributed by atoms with Crippen LogP contribution < -0.4 is 10.6 Å². The number of imide groups is 1. The summed E-state index contributed by atoms with van der Waals surface area (Å²) in [5.41, 5.74) is 2.64. The molecule has 0 aromatic heterocycles. The molecule has 0 aliphatic carbocycles. The molecule has 4 amide bonds. The van der Waals surface area contributed by atoms with Crippen LogP contribution in [0.2, 0.25) is 0 Å². The maximum Gasteiger partial charge on any atom is 0.417 e. The lowest BCUT2D eigenvalue weighted by atomic mass is 9.99. The molecule has 7 nitrogen and oxygen atoms in total. The van der Waals surface area contributed by atoms with Crippen molar-refractivity contribution in [3.05, 3.63) is 108 Å². The molecule has 32 heavy (non-hydrogen) atoms. The zero-order chi connectivity index (χ0) is 22.3. The number of cyclic esters (lactones) is 1. The normalized spacial score (nSPS) is 14.2. The lowest BCUT2D eigenvalue weighted by Gasteiger charge is -2.25. The van der Waals surface area contributed by atoms with E-state index in [1.54, 1.807) is 0 Å². The first-order valence-corrected chi connectivity index (χ1v) is 10.3. The molecule has 0 radical (unpaired) electrons. The monoisotopic (exact) mass is 429 g/mol. The van der Waals surface area contributed by atoms with Gasteiger partial charge in [-0.1, -0.05) is 91.0 Å². The molecule has 1 fully saturated rings. The summed E-state index contributed by atoms with van der Waals surface area (Å²) in [5.74, 6) is -0.426. The molecule has 0 bridgehead atoms. The summed E-state index contributed by atoms with van der Waals surface area (Å²) >= 11 is 0. The topological polar surface area (TPSA) is 87.7 Å². The predicted octanol–water partition coefficient (Wildman–Crippen LogP) is 3.80. The second kappa shape index (κ2) is 9.78. The molecule has 1 aliphatic heterocycles. The zero-order valence-electron chi connectivity index (χ0n) is 17.3. The van der Waals surface area contributed by atoms with Crippen molar-refractivity contribution in [2.24, 2.45) is 0 Å². The van der Waals surface area contributed by atoms with Gasteiger partial charge in [0.15, 0.2) is 6.61 Å². The van der Waals surface area contributed by atoms with Gasteiger partial charge in [0.25, 0.3) is 5.91 Å². The lowest BCUT2D eigenvalue weighted by Crippen LogP contribution is -2.45. The van der Waals surface area contributed by atoms with E-state index in [0.717, 1.165) is 21.6 Å². The minimum atomic E-state index is -0.704. The molecule has 0 spiro atoms. The Morgan fingerprint density at radius 1 is 0.781 bits per heavy atom. The van der Waals surface area contributed by atoms with Crippen LogP contribution in [-0.2, 0) is 9.53 Å². The average Bonchev–Trinajstić information content (AvgIpc) is 3.16. The van der Waals surface area contributed by atoms with E-state index in [-0.39, 0.29) is 19.2 Å². The van der Waals surface area contributed by atoms with Crippen LogP contribution >= 0.6 is 0 Å². The fourth-order valence-corrected chi connectivity index (χ4v) is 3.64. The van der Waals surface area contributed by atoms with Crippen LogP contribution in [0.1, 0.15) is 28.8 Å². The van der Waals surface area contributed by atoms with Crippen LogP contribution in [0.4, 0.5) is 9.59 Å². The van der Waals surface area contributed by atoms with Crippen molar-refractivity contribution in [1.82, 2.24) is 15.5 Å².